The second-order valence-corrected chi connectivity index (χ2v) is 5.99. The highest BCUT2D eigenvalue weighted by Gasteiger charge is 2.21. The molecule has 0 aliphatic heterocycles. The van der Waals surface area contributed by atoms with Crippen LogP contribution in [0, 0.1) is 5.92 Å². The number of hydrogen-bond acceptors (Lipinski definition) is 5. The smallest absolute Gasteiger partial charge is 0.253 e. The van der Waals surface area contributed by atoms with Crippen LogP contribution in [0.4, 0.5) is 17.1 Å². The van der Waals surface area contributed by atoms with Crippen molar-refractivity contribution in [3.05, 3.63) is 45.0 Å². The molecule has 1 aromatic heterocycles. The molecule has 1 aliphatic carbocycles. The molecule has 1 heterocycles. The van der Waals surface area contributed by atoms with Gasteiger partial charge in [0.05, 0.1) is 0 Å². The Morgan fingerprint density at radius 2 is 1.68 bits per heavy atom. The lowest BCUT2D eigenvalue weighted by molar-refractivity contribution is 0.345. The van der Waals surface area contributed by atoms with Crippen molar-refractivity contribution in [2.24, 2.45) is 5.92 Å². The van der Waals surface area contributed by atoms with Gasteiger partial charge in [-0.2, -0.15) is 0 Å². The number of rotatable bonds is 6. The molecule has 1 aromatic carbocycles. The van der Waals surface area contributed by atoms with Crippen LogP contribution in [0.15, 0.2) is 34.1 Å². The van der Waals surface area contributed by atoms with Gasteiger partial charge in [0, 0.05) is 24.6 Å². The summed E-state index contributed by atoms with van der Waals surface area (Å²) in [7, 11) is 0. The van der Waals surface area contributed by atoms with E-state index in [0.717, 1.165) is 24.6 Å². The number of nitrogens with zero attached hydrogens (tertiary/aromatic N) is 1. The Labute approximate surface area is 129 Å². The van der Waals surface area contributed by atoms with Crippen LogP contribution >= 0.6 is 0 Å². The predicted octanol–water partition coefficient (Wildman–Crippen LogP) is 2.80. The summed E-state index contributed by atoms with van der Waals surface area (Å²) in [6, 6.07) is 3.53. The lowest BCUT2D eigenvalue weighted by Gasteiger charge is -2.22. The Balaban J connectivity index is 1.58. The predicted molar refractivity (Wildman–Crippen MR) is 88.6 cm³/mol. The molecule has 0 atom stereocenters. The second-order valence-electron chi connectivity index (χ2n) is 5.99. The van der Waals surface area contributed by atoms with Gasteiger partial charge in [0.15, 0.2) is 0 Å². The monoisotopic (exact) mass is 299 g/mol. The van der Waals surface area contributed by atoms with E-state index in [0.29, 0.717) is 11.4 Å². The topological polar surface area (TPSA) is 71.1 Å². The number of aromatic nitrogens is 1. The van der Waals surface area contributed by atoms with Crippen LogP contribution in [-0.4, -0.2) is 11.5 Å². The molecule has 1 saturated carbocycles. The standard InChI is InChI=1S/C17H21N3O2/c21-16-14(19-11-6-12-4-2-1-3-5-12)15(17(16)22)20-13-7-9-18-10-8-13/h7-10,12,19H,1-6,11H2,(H,18,20). The summed E-state index contributed by atoms with van der Waals surface area (Å²) in [6.45, 7) is 0.751. The first-order valence-electron chi connectivity index (χ1n) is 8.00. The minimum Gasteiger partial charge on any atom is -0.380 e. The van der Waals surface area contributed by atoms with Crippen molar-refractivity contribution in [3.63, 3.8) is 0 Å². The molecule has 2 N–H and O–H groups in total. The van der Waals surface area contributed by atoms with Gasteiger partial charge >= 0.3 is 0 Å². The number of anilines is 3. The van der Waals surface area contributed by atoms with Crippen molar-refractivity contribution in [1.82, 2.24) is 4.98 Å². The number of hydrogen-bond donors (Lipinski definition) is 2. The van der Waals surface area contributed by atoms with Crippen molar-refractivity contribution in [2.75, 3.05) is 17.2 Å². The minimum absolute atomic E-state index is 0.375. The molecule has 0 bridgehead atoms. The van der Waals surface area contributed by atoms with Crippen molar-refractivity contribution in [1.29, 1.82) is 0 Å². The Kier molecular flexibility index (Phi) is 4.51. The quantitative estimate of drug-likeness (QED) is 0.803. The zero-order chi connectivity index (χ0) is 15.4. The molecule has 0 spiro atoms. The van der Waals surface area contributed by atoms with E-state index in [1.165, 1.54) is 32.1 Å². The summed E-state index contributed by atoms with van der Waals surface area (Å²) in [5, 5.41) is 6.15. The van der Waals surface area contributed by atoms with Crippen molar-refractivity contribution < 1.29 is 0 Å². The fraction of sp³-hybridized carbons (Fsp3) is 0.471. The lowest BCUT2D eigenvalue weighted by Crippen LogP contribution is -2.37. The highest BCUT2D eigenvalue weighted by Crippen LogP contribution is 2.26. The zero-order valence-corrected chi connectivity index (χ0v) is 12.6. The van der Waals surface area contributed by atoms with Gasteiger partial charge in [-0.1, -0.05) is 32.1 Å². The maximum atomic E-state index is 11.7. The van der Waals surface area contributed by atoms with Gasteiger partial charge in [-0.05, 0) is 24.5 Å². The van der Waals surface area contributed by atoms with Crippen LogP contribution in [-0.2, 0) is 0 Å². The minimum atomic E-state index is -0.447. The van der Waals surface area contributed by atoms with Crippen LogP contribution < -0.4 is 21.5 Å². The summed E-state index contributed by atoms with van der Waals surface area (Å²) in [5.41, 5.74) is 0.701. The highest BCUT2D eigenvalue weighted by molar-refractivity contribution is 5.78. The van der Waals surface area contributed by atoms with Gasteiger partial charge < -0.3 is 10.6 Å². The summed E-state index contributed by atoms with van der Waals surface area (Å²) in [4.78, 5) is 27.4. The summed E-state index contributed by atoms with van der Waals surface area (Å²) < 4.78 is 0. The molecule has 1 fully saturated rings. The van der Waals surface area contributed by atoms with Gasteiger partial charge in [-0.3, -0.25) is 14.6 Å². The molecule has 0 radical (unpaired) electrons. The molecular weight excluding hydrogens is 278 g/mol. The maximum absolute atomic E-state index is 11.7. The first-order chi connectivity index (χ1) is 10.8. The van der Waals surface area contributed by atoms with Crippen LogP contribution in [0.3, 0.4) is 0 Å². The highest BCUT2D eigenvalue weighted by atomic mass is 16.2. The largest absolute Gasteiger partial charge is 0.380 e. The molecule has 5 nitrogen and oxygen atoms in total. The Morgan fingerprint density at radius 3 is 2.41 bits per heavy atom. The molecule has 116 valence electrons. The maximum Gasteiger partial charge on any atom is 0.253 e. The van der Waals surface area contributed by atoms with Gasteiger partial charge in [-0.15, -0.1) is 0 Å². The lowest BCUT2D eigenvalue weighted by atomic mass is 9.87. The zero-order valence-electron chi connectivity index (χ0n) is 12.6. The van der Waals surface area contributed by atoms with Gasteiger partial charge in [0.2, 0.25) is 0 Å². The third-order valence-electron chi connectivity index (χ3n) is 4.44. The van der Waals surface area contributed by atoms with E-state index in [4.69, 9.17) is 0 Å². The Morgan fingerprint density at radius 1 is 1.00 bits per heavy atom. The van der Waals surface area contributed by atoms with E-state index in [1.54, 1.807) is 24.5 Å². The van der Waals surface area contributed by atoms with Crippen LogP contribution in [0.25, 0.3) is 0 Å². The number of pyridine rings is 1. The molecule has 3 rings (SSSR count). The third-order valence-corrected chi connectivity index (χ3v) is 4.44. The molecule has 0 unspecified atom stereocenters. The molecule has 22 heavy (non-hydrogen) atoms. The van der Waals surface area contributed by atoms with E-state index in [9.17, 15) is 9.59 Å². The van der Waals surface area contributed by atoms with Crippen LogP contribution in [0.5, 0.6) is 0 Å². The fourth-order valence-electron chi connectivity index (χ4n) is 3.14. The van der Waals surface area contributed by atoms with Gasteiger partial charge in [0.1, 0.15) is 11.4 Å². The molecular formula is C17H21N3O2. The first-order valence-corrected chi connectivity index (χ1v) is 8.00. The summed E-state index contributed by atoms with van der Waals surface area (Å²) in [5.74, 6) is 0.754. The van der Waals surface area contributed by atoms with Gasteiger partial charge in [0.25, 0.3) is 10.9 Å². The van der Waals surface area contributed by atoms with E-state index in [2.05, 4.69) is 15.6 Å². The number of nitrogens with one attached hydrogen (secondary N) is 2. The first kappa shape index (κ1) is 14.8. The van der Waals surface area contributed by atoms with Crippen molar-refractivity contribution in [2.45, 2.75) is 38.5 Å². The molecule has 2 aromatic rings. The molecule has 1 aliphatic rings. The average molecular weight is 299 g/mol. The Hall–Kier alpha value is -2.17. The fourth-order valence-corrected chi connectivity index (χ4v) is 3.14. The van der Waals surface area contributed by atoms with Crippen molar-refractivity contribution in [3.8, 4) is 0 Å². The molecule has 5 heteroatoms. The van der Waals surface area contributed by atoms with E-state index >= 15 is 0 Å². The van der Waals surface area contributed by atoms with E-state index < -0.39 is 10.9 Å². The van der Waals surface area contributed by atoms with Crippen LogP contribution in [0.2, 0.25) is 0 Å². The SMILES string of the molecule is O=c1c(NCCC2CCCCC2)c(Nc2ccncc2)c1=O. The van der Waals surface area contributed by atoms with E-state index in [1.807, 2.05) is 0 Å². The van der Waals surface area contributed by atoms with Crippen LogP contribution in [0.1, 0.15) is 38.5 Å². The van der Waals surface area contributed by atoms with Crippen molar-refractivity contribution >= 4 is 17.1 Å². The van der Waals surface area contributed by atoms with E-state index in [-0.39, 0.29) is 0 Å². The summed E-state index contributed by atoms with van der Waals surface area (Å²) >= 11 is 0. The second kappa shape index (κ2) is 6.73. The third kappa shape index (κ3) is 3.18. The van der Waals surface area contributed by atoms with Gasteiger partial charge in [-0.25, -0.2) is 0 Å². The molecule has 0 saturated heterocycles. The average Bonchev–Trinajstić information content (AvgIpc) is 2.58. The normalized spacial score (nSPS) is 15.8. The summed E-state index contributed by atoms with van der Waals surface area (Å²) in [6.07, 6.45) is 10.9. The molecule has 0 amide bonds. The Bertz CT molecular complexity index is 684.